The number of nitrogens with two attached hydrogens (primary N) is 1. The molecule has 0 unspecified atom stereocenters. The summed E-state index contributed by atoms with van der Waals surface area (Å²) in [7, 11) is 0. The van der Waals surface area contributed by atoms with Crippen LogP contribution in [0.1, 0.15) is 48.7 Å². The number of rotatable bonds is 8. The molecule has 2 aromatic carbocycles. The molecule has 4 rings (SSSR count). The Hall–Kier alpha value is -2.44. The molecule has 2 atom stereocenters. The number of aliphatic hydroxyl groups excluding tert-OH is 1. The van der Waals surface area contributed by atoms with Crippen molar-refractivity contribution in [2.45, 2.75) is 50.6 Å². The zero-order valence-corrected chi connectivity index (χ0v) is 20.1. The van der Waals surface area contributed by atoms with Crippen LogP contribution in [-0.4, -0.2) is 22.2 Å². The SMILES string of the molecule is Cc1n([C@@H]2CC[C@H](C(C(N)=O)(c3ccccc3)c3ccccc3)C2)cc[n+]1CCCO.[Br-]. The first-order chi connectivity index (χ1) is 15.1. The van der Waals surface area contributed by atoms with E-state index in [4.69, 9.17) is 10.8 Å². The zero-order valence-electron chi connectivity index (χ0n) is 18.5. The van der Waals surface area contributed by atoms with Gasteiger partial charge in [-0.3, -0.25) is 4.79 Å². The highest BCUT2D eigenvalue weighted by molar-refractivity contribution is 5.91. The first kappa shape index (κ1) is 24.2. The number of benzene rings is 2. The van der Waals surface area contributed by atoms with Crippen LogP contribution in [0.25, 0.3) is 0 Å². The van der Waals surface area contributed by atoms with Gasteiger partial charge >= 0.3 is 0 Å². The third-order valence-corrected chi connectivity index (χ3v) is 7.01. The standard InChI is InChI=1S/C26H31N3O2.BrH/c1-20-28(15-8-18-30)16-17-29(20)24-14-13-23(19-24)26(25(27)31,21-9-4-2-5-10-21)22-11-6-3-7-12-22;/h2-7,9-12,16-17,23-24,30H,8,13-15,18-19H2,1H3,(H-,27,31);1H/t23-,24+;/m0./s1. The van der Waals surface area contributed by atoms with Crippen molar-refractivity contribution in [3.63, 3.8) is 0 Å². The van der Waals surface area contributed by atoms with E-state index in [9.17, 15) is 4.79 Å². The molecule has 1 fully saturated rings. The molecule has 0 saturated heterocycles. The fraction of sp³-hybridized carbons (Fsp3) is 0.385. The van der Waals surface area contributed by atoms with Gasteiger partial charge in [0.05, 0.1) is 6.54 Å². The van der Waals surface area contributed by atoms with Gasteiger partial charge in [0.2, 0.25) is 5.91 Å². The highest BCUT2D eigenvalue weighted by Gasteiger charge is 2.51. The Morgan fingerprint density at radius 3 is 2.22 bits per heavy atom. The number of aromatic nitrogens is 2. The van der Waals surface area contributed by atoms with Gasteiger partial charge in [0, 0.05) is 20.0 Å². The van der Waals surface area contributed by atoms with Crippen LogP contribution < -0.4 is 27.3 Å². The predicted molar refractivity (Wildman–Crippen MR) is 120 cm³/mol. The van der Waals surface area contributed by atoms with Gasteiger partial charge in [-0.2, -0.15) is 0 Å². The van der Waals surface area contributed by atoms with E-state index in [1.165, 1.54) is 5.82 Å². The minimum atomic E-state index is -0.842. The van der Waals surface area contributed by atoms with E-state index in [2.05, 4.69) is 28.5 Å². The second-order valence-electron chi connectivity index (χ2n) is 8.59. The fourth-order valence-electron chi connectivity index (χ4n) is 5.51. The van der Waals surface area contributed by atoms with Crippen molar-refractivity contribution in [1.29, 1.82) is 0 Å². The molecule has 0 bridgehead atoms. The summed E-state index contributed by atoms with van der Waals surface area (Å²) >= 11 is 0. The minimum Gasteiger partial charge on any atom is -1.00 e. The van der Waals surface area contributed by atoms with Gasteiger partial charge in [0.25, 0.3) is 5.82 Å². The molecule has 1 aliphatic rings. The lowest BCUT2D eigenvalue weighted by Crippen LogP contribution is -3.00. The number of carbonyl (C=O) groups is 1. The first-order valence-electron chi connectivity index (χ1n) is 11.2. The molecule has 3 N–H and O–H groups in total. The second kappa shape index (κ2) is 10.5. The Bertz CT molecular complexity index is 981. The number of amides is 1. The molecule has 0 radical (unpaired) electrons. The smallest absolute Gasteiger partial charge is 0.253 e. The van der Waals surface area contributed by atoms with Crippen LogP contribution in [0.15, 0.2) is 73.1 Å². The molecule has 5 nitrogen and oxygen atoms in total. The highest BCUT2D eigenvalue weighted by atomic mass is 79.9. The van der Waals surface area contributed by atoms with Gasteiger partial charge in [-0.05, 0) is 36.3 Å². The average molecular weight is 498 g/mol. The number of hydrogen-bond acceptors (Lipinski definition) is 2. The van der Waals surface area contributed by atoms with E-state index in [-0.39, 0.29) is 35.4 Å². The first-order valence-corrected chi connectivity index (χ1v) is 11.2. The van der Waals surface area contributed by atoms with Gasteiger partial charge in [0.1, 0.15) is 23.9 Å². The lowest BCUT2D eigenvalue weighted by atomic mass is 9.64. The van der Waals surface area contributed by atoms with Crippen LogP contribution in [0.2, 0.25) is 0 Å². The summed E-state index contributed by atoms with van der Waals surface area (Å²) in [5.41, 5.74) is 7.32. The molecular weight excluding hydrogens is 466 g/mol. The number of carbonyl (C=O) groups excluding carboxylic acids is 1. The summed E-state index contributed by atoms with van der Waals surface area (Å²) in [6.07, 6.45) is 7.81. The molecular formula is C26H32BrN3O2. The van der Waals surface area contributed by atoms with Gasteiger partial charge in [-0.1, -0.05) is 60.7 Å². The predicted octanol–water partition coefficient (Wildman–Crippen LogP) is 0.283. The molecule has 170 valence electrons. The number of hydrogen-bond donors (Lipinski definition) is 2. The normalized spacial score (nSPS) is 18.3. The molecule has 32 heavy (non-hydrogen) atoms. The molecule has 1 aliphatic carbocycles. The third kappa shape index (κ3) is 4.26. The summed E-state index contributed by atoms with van der Waals surface area (Å²) < 4.78 is 4.53. The van der Waals surface area contributed by atoms with Gasteiger partial charge in [-0.25, -0.2) is 9.13 Å². The number of halogens is 1. The third-order valence-electron chi connectivity index (χ3n) is 7.01. The van der Waals surface area contributed by atoms with E-state index in [0.29, 0.717) is 6.04 Å². The Kier molecular flexibility index (Phi) is 7.91. The van der Waals surface area contributed by atoms with E-state index in [1.807, 2.05) is 60.7 Å². The molecule has 1 aromatic heterocycles. The Balaban J connectivity index is 0.00000289. The van der Waals surface area contributed by atoms with E-state index >= 15 is 0 Å². The van der Waals surface area contributed by atoms with Gasteiger partial charge in [0.15, 0.2) is 0 Å². The summed E-state index contributed by atoms with van der Waals surface area (Å²) in [4.78, 5) is 13.2. The summed E-state index contributed by atoms with van der Waals surface area (Å²) in [6, 6.07) is 20.4. The van der Waals surface area contributed by atoms with Crippen molar-refractivity contribution in [3.05, 3.63) is 90.0 Å². The topological polar surface area (TPSA) is 72.1 Å². The van der Waals surface area contributed by atoms with Crippen molar-refractivity contribution in [2.75, 3.05) is 6.61 Å². The summed E-state index contributed by atoms with van der Waals surface area (Å²) in [5, 5.41) is 9.17. The maximum atomic E-state index is 13.2. The Labute approximate surface area is 200 Å². The number of aliphatic hydroxyl groups is 1. The summed E-state index contributed by atoms with van der Waals surface area (Å²) in [6.45, 7) is 3.13. The second-order valence-corrected chi connectivity index (χ2v) is 8.59. The van der Waals surface area contributed by atoms with Gasteiger partial charge < -0.3 is 27.8 Å². The average Bonchev–Trinajstić information content (AvgIpc) is 3.41. The van der Waals surface area contributed by atoms with Crippen LogP contribution in [0, 0.1) is 12.8 Å². The lowest BCUT2D eigenvalue weighted by molar-refractivity contribution is -0.703. The lowest BCUT2D eigenvalue weighted by Gasteiger charge is -2.37. The summed E-state index contributed by atoms with van der Waals surface area (Å²) in [5.74, 6) is 1.02. The molecule has 0 aliphatic heterocycles. The number of primary amides is 1. The van der Waals surface area contributed by atoms with Crippen LogP contribution in [0.4, 0.5) is 0 Å². The Morgan fingerprint density at radius 1 is 1.09 bits per heavy atom. The highest BCUT2D eigenvalue weighted by Crippen LogP contribution is 2.49. The maximum absolute atomic E-state index is 13.2. The maximum Gasteiger partial charge on any atom is 0.253 e. The van der Waals surface area contributed by atoms with E-state index in [0.717, 1.165) is 43.4 Å². The monoisotopic (exact) mass is 497 g/mol. The van der Waals surface area contributed by atoms with Crippen LogP contribution in [0.5, 0.6) is 0 Å². The van der Waals surface area contributed by atoms with Crippen LogP contribution in [-0.2, 0) is 16.8 Å². The largest absolute Gasteiger partial charge is 1.00 e. The van der Waals surface area contributed by atoms with E-state index in [1.54, 1.807) is 0 Å². The van der Waals surface area contributed by atoms with E-state index < -0.39 is 5.41 Å². The van der Waals surface area contributed by atoms with Crippen molar-refractivity contribution in [3.8, 4) is 0 Å². The van der Waals surface area contributed by atoms with Crippen LogP contribution >= 0.6 is 0 Å². The molecule has 1 heterocycles. The Morgan fingerprint density at radius 2 is 1.69 bits per heavy atom. The molecule has 1 amide bonds. The number of imidazole rings is 1. The molecule has 1 saturated carbocycles. The van der Waals surface area contributed by atoms with Crippen molar-refractivity contribution in [1.82, 2.24) is 4.57 Å². The van der Waals surface area contributed by atoms with Crippen molar-refractivity contribution < 1.29 is 31.4 Å². The molecule has 3 aromatic rings. The van der Waals surface area contributed by atoms with Crippen molar-refractivity contribution in [2.24, 2.45) is 11.7 Å². The minimum absolute atomic E-state index is 0. The number of nitrogens with zero attached hydrogens (tertiary/aromatic N) is 2. The quantitative estimate of drug-likeness (QED) is 0.439. The molecule has 0 spiro atoms. The zero-order chi connectivity index (χ0) is 21.8. The fourth-order valence-corrected chi connectivity index (χ4v) is 5.51. The van der Waals surface area contributed by atoms with Crippen molar-refractivity contribution >= 4 is 5.91 Å². The van der Waals surface area contributed by atoms with Crippen LogP contribution in [0.3, 0.4) is 0 Å². The number of aryl methyl sites for hydroxylation is 1. The van der Waals surface area contributed by atoms with Gasteiger partial charge in [-0.15, -0.1) is 0 Å². The molecule has 6 heteroatoms.